The molecule has 0 aromatic heterocycles. The Morgan fingerprint density at radius 2 is 1.27 bits per heavy atom. The Hall–Kier alpha value is -1.53. The normalized spacial score (nSPS) is 33.0. The molecule has 2 aromatic rings. The van der Waals surface area contributed by atoms with Gasteiger partial charge in [0.05, 0.1) is 0 Å². The van der Waals surface area contributed by atoms with E-state index in [1.807, 2.05) is 12.1 Å². The molecule has 4 unspecified atom stereocenters. The molecule has 2 aliphatic carbocycles. The lowest BCUT2D eigenvalue weighted by atomic mass is 9.93. The summed E-state index contributed by atoms with van der Waals surface area (Å²) in [5, 5.41) is 10.0. The van der Waals surface area contributed by atoms with Crippen molar-refractivity contribution in [1.82, 2.24) is 16.0 Å². The van der Waals surface area contributed by atoms with Gasteiger partial charge in [-0.25, -0.2) is 8.78 Å². The zero-order valence-electron chi connectivity index (χ0n) is 16.9. The van der Waals surface area contributed by atoms with Crippen molar-refractivity contribution >= 4 is 12.4 Å². The minimum Gasteiger partial charge on any atom is -0.316 e. The molecule has 4 fully saturated rings. The van der Waals surface area contributed by atoms with E-state index in [4.69, 9.17) is 0 Å². The molecule has 4 aliphatic rings. The Morgan fingerprint density at radius 3 is 1.60 bits per heavy atom. The first kappa shape index (κ1) is 20.4. The van der Waals surface area contributed by atoms with Crippen molar-refractivity contribution in [1.29, 1.82) is 0 Å². The molecule has 6 rings (SSSR count). The molecule has 0 amide bonds. The summed E-state index contributed by atoms with van der Waals surface area (Å²) in [6.07, 6.45) is 2.34. The highest BCUT2D eigenvalue weighted by molar-refractivity contribution is 5.85. The fourth-order valence-corrected chi connectivity index (χ4v) is 5.91. The van der Waals surface area contributed by atoms with Gasteiger partial charge in [-0.05, 0) is 61.0 Å². The number of halogens is 3. The zero-order chi connectivity index (χ0) is 19.6. The van der Waals surface area contributed by atoms with Crippen molar-refractivity contribution in [2.24, 2.45) is 11.8 Å². The molecule has 4 atom stereocenters. The van der Waals surface area contributed by atoms with Crippen molar-refractivity contribution in [3.8, 4) is 0 Å². The van der Waals surface area contributed by atoms with Crippen LogP contribution >= 0.6 is 12.4 Å². The standard InChI is InChI=1S/C24H27F2N3.ClH/c25-21-5-17(23-7-19(23)11-28-13-23)3-1-15(21)9-27-10-16-2-4-18(6-22(16)26)24-8-20(24)12-29-14-24;/h1-6,19-20,27-29H,7-14H2;1H. The molecular weight excluding hydrogens is 404 g/mol. The first-order valence-corrected chi connectivity index (χ1v) is 10.8. The van der Waals surface area contributed by atoms with E-state index < -0.39 is 0 Å². The van der Waals surface area contributed by atoms with E-state index >= 15 is 0 Å². The molecule has 0 spiro atoms. The molecular formula is C24H28ClF2N3. The highest BCUT2D eigenvalue weighted by Gasteiger charge is 2.58. The third-order valence-corrected chi connectivity index (χ3v) is 8.01. The average Bonchev–Trinajstić information content (AvgIpc) is 3.52. The molecule has 2 saturated heterocycles. The lowest BCUT2D eigenvalue weighted by Gasteiger charge is -2.15. The summed E-state index contributed by atoms with van der Waals surface area (Å²) in [6, 6.07) is 11.3. The summed E-state index contributed by atoms with van der Waals surface area (Å²) < 4.78 is 29.3. The Labute approximate surface area is 182 Å². The van der Waals surface area contributed by atoms with Crippen LogP contribution in [0.5, 0.6) is 0 Å². The quantitative estimate of drug-likeness (QED) is 0.656. The number of piperidine rings is 2. The molecule has 0 bridgehead atoms. The smallest absolute Gasteiger partial charge is 0.127 e. The van der Waals surface area contributed by atoms with Gasteiger partial charge in [-0.15, -0.1) is 12.4 Å². The second-order valence-corrected chi connectivity index (χ2v) is 9.59. The Balaban J connectivity index is 0.00000193. The maximum atomic E-state index is 14.6. The molecule has 2 saturated carbocycles. The van der Waals surface area contributed by atoms with Gasteiger partial charge in [0.2, 0.25) is 0 Å². The van der Waals surface area contributed by atoms with Crippen molar-refractivity contribution < 1.29 is 8.78 Å². The number of rotatable bonds is 6. The minimum absolute atomic E-state index is 0. The van der Waals surface area contributed by atoms with Gasteiger partial charge in [-0.3, -0.25) is 0 Å². The van der Waals surface area contributed by atoms with E-state index in [0.717, 1.165) is 37.3 Å². The van der Waals surface area contributed by atoms with Gasteiger partial charge < -0.3 is 16.0 Å². The molecule has 6 heteroatoms. The van der Waals surface area contributed by atoms with Crippen LogP contribution in [-0.2, 0) is 23.9 Å². The Kier molecular flexibility index (Phi) is 4.93. The molecule has 160 valence electrons. The van der Waals surface area contributed by atoms with Gasteiger partial charge in [0, 0.05) is 48.1 Å². The third kappa shape index (κ3) is 3.10. The highest BCUT2D eigenvalue weighted by atomic mass is 35.5. The fraction of sp³-hybridized carbons (Fsp3) is 0.500. The number of benzene rings is 2. The summed E-state index contributed by atoms with van der Waals surface area (Å²) in [5.41, 5.74) is 3.87. The predicted molar refractivity (Wildman–Crippen MR) is 116 cm³/mol. The third-order valence-electron chi connectivity index (χ3n) is 8.01. The maximum Gasteiger partial charge on any atom is 0.127 e. The van der Waals surface area contributed by atoms with Crippen LogP contribution in [0.3, 0.4) is 0 Å². The number of fused-ring (bicyclic) bond motifs is 2. The van der Waals surface area contributed by atoms with Gasteiger partial charge in [-0.2, -0.15) is 0 Å². The van der Waals surface area contributed by atoms with Crippen molar-refractivity contribution in [3.63, 3.8) is 0 Å². The highest BCUT2D eigenvalue weighted by Crippen LogP contribution is 2.57. The average molecular weight is 432 g/mol. The van der Waals surface area contributed by atoms with E-state index in [2.05, 4.69) is 28.1 Å². The summed E-state index contributed by atoms with van der Waals surface area (Å²) >= 11 is 0. The fourth-order valence-electron chi connectivity index (χ4n) is 5.91. The zero-order valence-corrected chi connectivity index (χ0v) is 17.8. The SMILES string of the molecule is Cl.Fc1cc(C23CNCC2C3)ccc1CNCc1ccc(C23CNCC2C3)cc1F. The van der Waals surface area contributed by atoms with Gasteiger partial charge >= 0.3 is 0 Å². The second kappa shape index (κ2) is 7.27. The molecule has 0 radical (unpaired) electrons. The summed E-state index contributed by atoms with van der Waals surface area (Å²) in [4.78, 5) is 0. The van der Waals surface area contributed by atoms with Crippen molar-refractivity contribution in [2.45, 2.75) is 36.8 Å². The van der Waals surface area contributed by atoms with E-state index in [1.165, 1.54) is 12.8 Å². The molecule has 3 N–H and O–H groups in total. The van der Waals surface area contributed by atoms with Crippen LogP contribution in [0.2, 0.25) is 0 Å². The molecule has 2 heterocycles. The second-order valence-electron chi connectivity index (χ2n) is 9.59. The van der Waals surface area contributed by atoms with Crippen molar-refractivity contribution in [3.05, 3.63) is 70.3 Å². The number of nitrogens with one attached hydrogen (secondary N) is 3. The monoisotopic (exact) mass is 431 g/mol. The number of hydrogen-bond donors (Lipinski definition) is 3. The van der Waals surface area contributed by atoms with Crippen LogP contribution in [0.4, 0.5) is 8.78 Å². The lowest BCUT2D eigenvalue weighted by Crippen LogP contribution is -2.20. The van der Waals surface area contributed by atoms with Crippen molar-refractivity contribution in [2.75, 3.05) is 26.2 Å². The van der Waals surface area contributed by atoms with Crippen LogP contribution in [-0.4, -0.2) is 26.2 Å². The Morgan fingerprint density at radius 1 is 0.800 bits per heavy atom. The lowest BCUT2D eigenvalue weighted by molar-refractivity contribution is 0.562. The maximum absolute atomic E-state index is 14.6. The predicted octanol–water partition coefficient (Wildman–Crippen LogP) is 3.40. The van der Waals surface area contributed by atoms with E-state index in [1.54, 1.807) is 12.1 Å². The topological polar surface area (TPSA) is 36.1 Å². The van der Waals surface area contributed by atoms with Crippen LogP contribution in [0.25, 0.3) is 0 Å². The molecule has 2 aliphatic heterocycles. The van der Waals surface area contributed by atoms with Crippen LogP contribution < -0.4 is 16.0 Å². The first-order chi connectivity index (χ1) is 14.1. The van der Waals surface area contributed by atoms with Crippen LogP contribution in [0.1, 0.15) is 35.1 Å². The van der Waals surface area contributed by atoms with E-state index in [9.17, 15) is 8.78 Å². The number of hydrogen-bond acceptors (Lipinski definition) is 3. The van der Waals surface area contributed by atoms with E-state index in [0.29, 0.717) is 36.1 Å². The van der Waals surface area contributed by atoms with E-state index in [-0.39, 0.29) is 34.9 Å². The van der Waals surface area contributed by atoms with Crippen LogP contribution in [0.15, 0.2) is 36.4 Å². The molecule has 3 nitrogen and oxygen atoms in total. The van der Waals surface area contributed by atoms with Gasteiger partial charge in [-0.1, -0.05) is 24.3 Å². The summed E-state index contributed by atoms with van der Waals surface area (Å²) in [6.45, 7) is 4.82. The summed E-state index contributed by atoms with van der Waals surface area (Å²) in [7, 11) is 0. The van der Waals surface area contributed by atoms with Gasteiger partial charge in [0.1, 0.15) is 11.6 Å². The van der Waals surface area contributed by atoms with Gasteiger partial charge in [0.25, 0.3) is 0 Å². The molecule has 30 heavy (non-hydrogen) atoms. The first-order valence-electron chi connectivity index (χ1n) is 10.8. The van der Waals surface area contributed by atoms with Crippen LogP contribution in [0, 0.1) is 23.5 Å². The van der Waals surface area contributed by atoms with Gasteiger partial charge in [0.15, 0.2) is 0 Å². The molecule has 2 aromatic carbocycles. The summed E-state index contributed by atoms with van der Waals surface area (Å²) in [5.74, 6) is 1.01. The largest absolute Gasteiger partial charge is 0.316 e. The minimum atomic E-state index is -0.162. The Bertz CT molecular complexity index is 905.